The highest BCUT2D eigenvalue weighted by Gasteiger charge is 2.43. The molecule has 2 aliphatic rings. The van der Waals surface area contributed by atoms with Crippen LogP contribution in [0.2, 0.25) is 0 Å². The first-order valence-electron chi connectivity index (χ1n) is 14.5. The van der Waals surface area contributed by atoms with Crippen molar-refractivity contribution in [2.45, 2.75) is 95.3 Å². The lowest BCUT2D eigenvalue weighted by Gasteiger charge is -2.44. The predicted octanol–water partition coefficient (Wildman–Crippen LogP) is 4.86. The van der Waals surface area contributed by atoms with Crippen molar-refractivity contribution in [1.82, 2.24) is 10.2 Å². The van der Waals surface area contributed by atoms with Crippen LogP contribution in [0.1, 0.15) is 64.5 Å². The zero-order valence-electron chi connectivity index (χ0n) is 24.8. The number of amides is 2. The van der Waals surface area contributed by atoms with E-state index < -0.39 is 53.7 Å². The highest BCUT2D eigenvalue weighted by molar-refractivity contribution is 5.73. The second kappa shape index (κ2) is 13.5. The van der Waals surface area contributed by atoms with Crippen LogP contribution in [0.25, 0.3) is 0 Å². The molecular weight excluding hydrogens is 546 g/mol. The van der Waals surface area contributed by atoms with Crippen molar-refractivity contribution in [3.8, 4) is 0 Å². The molecule has 2 fully saturated rings. The normalized spacial score (nSPS) is 21.9. The fourth-order valence-corrected chi connectivity index (χ4v) is 5.94. The average molecular weight is 589 g/mol. The summed E-state index contributed by atoms with van der Waals surface area (Å²) in [4.78, 5) is 26.8. The number of aliphatic hydroxyl groups is 1. The molecule has 4 rings (SSSR count). The second-order valence-corrected chi connectivity index (χ2v) is 12.4. The molecule has 0 spiro atoms. The minimum absolute atomic E-state index is 0.0110. The van der Waals surface area contributed by atoms with Gasteiger partial charge in [-0.15, -0.1) is 0 Å². The van der Waals surface area contributed by atoms with E-state index in [1.165, 1.54) is 17.4 Å². The van der Waals surface area contributed by atoms with Crippen LogP contribution in [-0.4, -0.2) is 71.8 Å². The van der Waals surface area contributed by atoms with E-state index in [2.05, 4.69) is 17.4 Å². The quantitative estimate of drug-likeness (QED) is 0.434. The van der Waals surface area contributed by atoms with Gasteiger partial charge in [0.25, 0.3) is 0 Å². The Labute approximate surface area is 246 Å². The van der Waals surface area contributed by atoms with Gasteiger partial charge in [0.2, 0.25) is 5.91 Å². The molecule has 2 N–H and O–H groups in total. The van der Waals surface area contributed by atoms with Gasteiger partial charge in [-0.05, 0) is 63.3 Å². The molecule has 0 aromatic heterocycles. The van der Waals surface area contributed by atoms with Crippen LogP contribution >= 0.6 is 0 Å². The molecule has 1 aliphatic carbocycles. The van der Waals surface area contributed by atoms with Gasteiger partial charge < -0.3 is 24.6 Å². The number of morpholine rings is 1. The van der Waals surface area contributed by atoms with Gasteiger partial charge in [-0.1, -0.05) is 43.2 Å². The van der Waals surface area contributed by atoms with Gasteiger partial charge >= 0.3 is 6.09 Å². The molecule has 1 heterocycles. The first-order chi connectivity index (χ1) is 19.8. The molecule has 2 aromatic carbocycles. The second-order valence-electron chi connectivity index (χ2n) is 12.4. The molecule has 8 nitrogen and oxygen atoms in total. The standard InChI is InChI=1S/C32H42F2N2O6/c1-21(37)35-26(16-22-14-24(33)17-25(34)15-22)29(38)27-19-40-28(18-36(27)30(39)42-31(2,3)4)41-20-32(12-8-9-13-32)23-10-6-5-7-11-23/h5-7,10-11,14-15,17,26-29,38H,8-9,12-13,16,18-20H2,1-4H3,(H,35,37)/t26-,27+,28-,29-/m0/s1. The first-order valence-corrected chi connectivity index (χ1v) is 14.5. The average Bonchev–Trinajstić information content (AvgIpc) is 3.40. The Balaban J connectivity index is 1.53. The fraction of sp³-hybridized carbons (Fsp3) is 0.562. The smallest absolute Gasteiger partial charge is 0.410 e. The van der Waals surface area contributed by atoms with Gasteiger partial charge in [0, 0.05) is 18.4 Å². The minimum Gasteiger partial charge on any atom is -0.444 e. The van der Waals surface area contributed by atoms with Gasteiger partial charge in [0.15, 0.2) is 6.29 Å². The lowest BCUT2D eigenvalue weighted by molar-refractivity contribution is -0.209. The van der Waals surface area contributed by atoms with E-state index in [1.54, 1.807) is 20.8 Å². The molecule has 230 valence electrons. The molecule has 2 aromatic rings. The van der Waals surface area contributed by atoms with Gasteiger partial charge in [-0.3, -0.25) is 9.69 Å². The number of carbonyl (C=O) groups is 2. The summed E-state index contributed by atoms with van der Waals surface area (Å²) in [5.74, 6) is -1.98. The van der Waals surface area contributed by atoms with Crippen molar-refractivity contribution in [3.05, 3.63) is 71.3 Å². The highest BCUT2D eigenvalue weighted by Crippen LogP contribution is 2.41. The SMILES string of the molecule is CC(=O)N[C@@H](Cc1cc(F)cc(F)c1)[C@H](O)[C@H]1CO[C@@H](OCC2(c3ccccc3)CCCC2)CN1C(=O)OC(C)(C)C. The third-order valence-electron chi connectivity index (χ3n) is 7.89. The van der Waals surface area contributed by atoms with Crippen molar-refractivity contribution in [2.75, 3.05) is 19.8 Å². The predicted molar refractivity (Wildman–Crippen MR) is 153 cm³/mol. The summed E-state index contributed by atoms with van der Waals surface area (Å²) in [7, 11) is 0. The molecule has 2 amide bonds. The topological polar surface area (TPSA) is 97.3 Å². The molecule has 0 bridgehead atoms. The molecule has 42 heavy (non-hydrogen) atoms. The van der Waals surface area contributed by atoms with Gasteiger partial charge in [0.05, 0.1) is 37.9 Å². The molecule has 4 atom stereocenters. The molecule has 0 unspecified atom stereocenters. The van der Waals surface area contributed by atoms with E-state index in [0.717, 1.165) is 43.9 Å². The van der Waals surface area contributed by atoms with Crippen LogP contribution in [0, 0.1) is 11.6 Å². The Morgan fingerprint density at radius 1 is 1.12 bits per heavy atom. The third kappa shape index (κ3) is 8.26. The van der Waals surface area contributed by atoms with Crippen LogP contribution in [0.4, 0.5) is 13.6 Å². The number of hydrogen-bond acceptors (Lipinski definition) is 6. The fourth-order valence-electron chi connectivity index (χ4n) is 5.94. The number of ether oxygens (including phenoxy) is 3. The van der Waals surface area contributed by atoms with Gasteiger partial charge in [-0.25, -0.2) is 13.6 Å². The van der Waals surface area contributed by atoms with E-state index in [9.17, 15) is 23.5 Å². The van der Waals surface area contributed by atoms with Crippen LogP contribution < -0.4 is 5.32 Å². The van der Waals surface area contributed by atoms with Crippen LogP contribution in [0.5, 0.6) is 0 Å². The lowest BCUT2D eigenvalue weighted by atomic mass is 9.80. The monoisotopic (exact) mass is 588 g/mol. The summed E-state index contributed by atoms with van der Waals surface area (Å²) in [6.07, 6.45) is 1.32. The summed E-state index contributed by atoms with van der Waals surface area (Å²) >= 11 is 0. The maximum Gasteiger partial charge on any atom is 0.410 e. The lowest BCUT2D eigenvalue weighted by Crippen LogP contribution is -2.62. The third-order valence-corrected chi connectivity index (χ3v) is 7.89. The highest BCUT2D eigenvalue weighted by atomic mass is 19.1. The number of hydrogen-bond donors (Lipinski definition) is 2. The summed E-state index contributed by atoms with van der Waals surface area (Å²) in [5, 5.41) is 14.2. The van der Waals surface area contributed by atoms with E-state index in [1.807, 2.05) is 18.2 Å². The van der Waals surface area contributed by atoms with Crippen molar-refractivity contribution in [2.24, 2.45) is 0 Å². The Hall–Kier alpha value is -3.08. The maximum absolute atomic E-state index is 13.9. The molecule has 1 saturated heterocycles. The van der Waals surface area contributed by atoms with Crippen molar-refractivity contribution < 1.29 is 37.7 Å². The maximum atomic E-state index is 13.9. The van der Waals surface area contributed by atoms with E-state index in [0.29, 0.717) is 6.61 Å². The summed E-state index contributed by atoms with van der Waals surface area (Å²) in [6, 6.07) is 11.4. The molecule has 1 saturated carbocycles. The number of carbonyl (C=O) groups excluding carboxylic acids is 2. The first kappa shape index (κ1) is 31.8. The van der Waals surface area contributed by atoms with Crippen LogP contribution in [-0.2, 0) is 30.8 Å². The van der Waals surface area contributed by atoms with E-state index >= 15 is 0 Å². The number of rotatable bonds is 9. The summed E-state index contributed by atoms with van der Waals surface area (Å²) < 4.78 is 45.8. The number of aliphatic hydroxyl groups excluding tert-OH is 1. The zero-order chi connectivity index (χ0) is 30.5. The number of nitrogens with zero attached hydrogens (tertiary/aromatic N) is 1. The van der Waals surface area contributed by atoms with Gasteiger partial charge in [-0.2, -0.15) is 0 Å². The minimum atomic E-state index is -1.35. The van der Waals surface area contributed by atoms with E-state index in [-0.39, 0.29) is 30.6 Å². The Bertz CT molecular complexity index is 1190. The zero-order valence-corrected chi connectivity index (χ0v) is 24.8. The largest absolute Gasteiger partial charge is 0.444 e. The number of nitrogens with one attached hydrogen (secondary N) is 1. The van der Waals surface area contributed by atoms with Crippen molar-refractivity contribution in [3.63, 3.8) is 0 Å². The van der Waals surface area contributed by atoms with Gasteiger partial charge in [0.1, 0.15) is 17.2 Å². The Kier molecular flexibility index (Phi) is 10.2. The number of benzene rings is 2. The molecule has 10 heteroatoms. The van der Waals surface area contributed by atoms with Crippen LogP contribution in [0.3, 0.4) is 0 Å². The van der Waals surface area contributed by atoms with Crippen molar-refractivity contribution >= 4 is 12.0 Å². The summed E-state index contributed by atoms with van der Waals surface area (Å²) in [5.41, 5.74) is 0.505. The Morgan fingerprint density at radius 2 is 1.76 bits per heavy atom. The van der Waals surface area contributed by atoms with Crippen molar-refractivity contribution in [1.29, 1.82) is 0 Å². The summed E-state index contributed by atoms with van der Waals surface area (Å²) in [6.45, 7) is 6.81. The van der Waals surface area contributed by atoms with E-state index in [4.69, 9.17) is 14.2 Å². The Morgan fingerprint density at radius 3 is 2.36 bits per heavy atom. The molecule has 0 radical (unpaired) electrons. The van der Waals surface area contributed by atoms with Crippen LogP contribution in [0.15, 0.2) is 48.5 Å². The molecular formula is C32H42F2N2O6. The molecule has 1 aliphatic heterocycles. The number of halogens is 2.